The molecule has 6 heteroatoms. The van der Waals surface area contributed by atoms with Crippen molar-refractivity contribution in [1.29, 1.82) is 0 Å². The number of allylic oxidation sites excluding steroid dienone is 1. The first-order valence-corrected chi connectivity index (χ1v) is 15.6. The number of carbonyl (C=O) groups is 1. The number of amides is 1. The summed E-state index contributed by atoms with van der Waals surface area (Å²) in [6.45, 7) is 9.91. The number of halogens is 1. The van der Waals surface area contributed by atoms with Gasteiger partial charge in [0.2, 0.25) is 0 Å². The van der Waals surface area contributed by atoms with Gasteiger partial charge in [0, 0.05) is 28.9 Å². The van der Waals surface area contributed by atoms with Crippen molar-refractivity contribution in [3.63, 3.8) is 0 Å². The molecule has 1 amide bonds. The van der Waals surface area contributed by atoms with Crippen LogP contribution in [0.4, 0.5) is 5.69 Å². The van der Waals surface area contributed by atoms with E-state index in [1.54, 1.807) is 11.8 Å². The van der Waals surface area contributed by atoms with Gasteiger partial charge in [-0.25, -0.2) is 0 Å². The van der Waals surface area contributed by atoms with Crippen LogP contribution >= 0.6 is 23.4 Å². The van der Waals surface area contributed by atoms with Gasteiger partial charge in [-0.3, -0.25) is 14.7 Å². The predicted octanol–water partition coefficient (Wildman–Crippen LogP) is 8.69. The van der Waals surface area contributed by atoms with E-state index in [4.69, 9.17) is 16.6 Å². The zero-order valence-corrected chi connectivity index (χ0v) is 24.6. The SMILES string of the molecule is CCCN1c2cc(Cl)c(/C=C3/SC(=NC4CCCCC4)N(C4CCCCC4)C3=O)cc2C(C)=CC1(C)C. The van der Waals surface area contributed by atoms with Gasteiger partial charge in [0.1, 0.15) is 0 Å². The van der Waals surface area contributed by atoms with Gasteiger partial charge in [-0.1, -0.05) is 63.1 Å². The van der Waals surface area contributed by atoms with Crippen LogP contribution in [0.15, 0.2) is 28.1 Å². The fourth-order valence-electron chi connectivity index (χ4n) is 6.60. The van der Waals surface area contributed by atoms with E-state index in [-0.39, 0.29) is 17.5 Å². The van der Waals surface area contributed by atoms with Crippen LogP contribution in [0, 0.1) is 0 Å². The van der Waals surface area contributed by atoms with E-state index in [2.05, 4.69) is 50.8 Å². The average molecular weight is 540 g/mol. The van der Waals surface area contributed by atoms with Crippen molar-refractivity contribution in [2.75, 3.05) is 11.4 Å². The molecular weight excluding hydrogens is 498 g/mol. The van der Waals surface area contributed by atoms with Crippen LogP contribution in [-0.2, 0) is 4.79 Å². The lowest BCUT2D eigenvalue weighted by Gasteiger charge is -2.43. The van der Waals surface area contributed by atoms with Crippen molar-refractivity contribution in [3.05, 3.63) is 39.3 Å². The third kappa shape index (κ3) is 5.54. The smallest absolute Gasteiger partial charge is 0.267 e. The third-order valence-electron chi connectivity index (χ3n) is 8.47. The molecule has 0 bridgehead atoms. The Morgan fingerprint density at radius 3 is 2.43 bits per heavy atom. The van der Waals surface area contributed by atoms with E-state index >= 15 is 0 Å². The standard InChI is InChI=1S/C31H42ClN3OS/c1-5-16-34-27-19-26(32)22(17-25(27)21(2)20-31(34,3)4)18-28-29(36)35(24-14-10-7-11-15-24)30(37-28)33-23-12-8-6-9-13-23/h17-20,23-24H,5-16H2,1-4H3/b28-18+,33-30?. The molecule has 3 fully saturated rings. The van der Waals surface area contributed by atoms with Crippen LogP contribution in [0.2, 0.25) is 5.02 Å². The van der Waals surface area contributed by atoms with Crippen LogP contribution in [0.1, 0.15) is 109 Å². The van der Waals surface area contributed by atoms with Crippen molar-refractivity contribution in [1.82, 2.24) is 4.90 Å². The highest BCUT2D eigenvalue weighted by atomic mass is 35.5. The van der Waals surface area contributed by atoms with Crippen LogP contribution in [-0.4, -0.2) is 40.1 Å². The molecule has 2 saturated carbocycles. The number of carbonyl (C=O) groups excluding carboxylic acids is 1. The molecule has 0 atom stereocenters. The molecule has 2 heterocycles. The second kappa shape index (κ2) is 11.2. The zero-order valence-electron chi connectivity index (χ0n) is 23.0. The summed E-state index contributed by atoms with van der Waals surface area (Å²) in [7, 11) is 0. The normalized spacial score (nSPS) is 25.2. The molecule has 1 saturated heterocycles. The molecule has 2 aliphatic carbocycles. The summed E-state index contributed by atoms with van der Waals surface area (Å²) in [5, 5.41) is 1.63. The summed E-state index contributed by atoms with van der Waals surface area (Å²) in [5.74, 6) is 0.112. The fourth-order valence-corrected chi connectivity index (χ4v) is 7.92. The molecule has 4 nitrogen and oxygen atoms in total. The second-order valence-corrected chi connectivity index (χ2v) is 13.2. The van der Waals surface area contributed by atoms with Crippen molar-refractivity contribution in [2.45, 2.75) is 116 Å². The highest BCUT2D eigenvalue weighted by Crippen LogP contribution is 2.44. The molecule has 1 aromatic rings. The number of benzene rings is 1. The largest absolute Gasteiger partial charge is 0.362 e. The second-order valence-electron chi connectivity index (χ2n) is 11.8. The van der Waals surface area contributed by atoms with Gasteiger partial charge in [-0.15, -0.1) is 0 Å². The van der Waals surface area contributed by atoms with Gasteiger partial charge in [-0.2, -0.15) is 0 Å². The molecule has 5 rings (SSSR count). The Balaban J connectivity index is 1.50. The number of hydrogen-bond donors (Lipinski definition) is 0. The van der Waals surface area contributed by atoms with Crippen LogP contribution in [0.3, 0.4) is 0 Å². The number of aliphatic imine (C=N–C) groups is 1. The summed E-state index contributed by atoms with van der Waals surface area (Å²) in [6.07, 6.45) is 17.4. The predicted molar refractivity (Wildman–Crippen MR) is 160 cm³/mol. The van der Waals surface area contributed by atoms with Gasteiger partial charge >= 0.3 is 0 Å². The van der Waals surface area contributed by atoms with Gasteiger partial charge in [-0.05, 0) is 94.0 Å². The first-order chi connectivity index (χ1) is 17.8. The first-order valence-electron chi connectivity index (χ1n) is 14.4. The monoisotopic (exact) mass is 539 g/mol. The Kier molecular flexibility index (Phi) is 8.12. The van der Waals surface area contributed by atoms with Gasteiger partial charge in [0.05, 0.1) is 16.5 Å². The van der Waals surface area contributed by atoms with Gasteiger partial charge in [0.25, 0.3) is 5.91 Å². The van der Waals surface area contributed by atoms with E-state index in [0.29, 0.717) is 11.1 Å². The molecule has 37 heavy (non-hydrogen) atoms. The lowest BCUT2D eigenvalue weighted by molar-refractivity contribution is -0.124. The number of amidine groups is 1. The molecule has 0 spiro atoms. The number of anilines is 1. The topological polar surface area (TPSA) is 35.9 Å². The van der Waals surface area contributed by atoms with Crippen LogP contribution in [0.5, 0.6) is 0 Å². The highest BCUT2D eigenvalue weighted by Gasteiger charge is 2.39. The van der Waals surface area contributed by atoms with E-state index < -0.39 is 0 Å². The number of thioether (sulfide) groups is 1. The maximum absolute atomic E-state index is 13.8. The number of nitrogens with zero attached hydrogens (tertiary/aromatic N) is 3. The molecule has 1 aromatic carbocycles. The molecule has 4 aliphatic rings. The summed E-state index contributed by atoms with van der Waals surface area (Å²) in [6, 6.07) is 4.92. The molecule has 0 aromatic heterocycles. The Morgan fingerprint density at radius 2 is 1.76 bits per heavy atom. The number of fused-ring (bicyclic) bond motifs is 1. The fraction of sp³-hybridized carbons (Fsp3) is 0.613. The molecule has 0 unspecified atom stereocenters. The number of hydrogen-bond acceptors (Lipinski definition) is 4. The summed E-state index contributed by atoms with van der Waals surface area (Å²) < 4.78 is 0. The maximum Gasteiger partial charge on any atom is 0.267 e. The van der Waals surface area contributed by atoms with E-state index in [1.807, 2.05) is 11.0 Å². The average Bonchev–Trinajstić information content (AvgIpc) is 3.17. The van der Waals surface area contributed by atoms with Crippen LogP contribution < -0.4 is 4.90 Å². The minimum Gasteiger partial charge on any atom is -0.362 e. The van der Waals surface area contributed by atoms with Gasteiger partial charge in [0.15, 0.2) is 5.17 Å². The highest BCUT2D eigenvalue weighted by molar-refractivity contribution is 8.18. The van der Waals surface area contributed by atoms with Crippen LogP contribution in [0.25, 0.3) is 11.6 Å². The molecule has 200 valence electrons. The summed E-state index contributed by atoms with van der Waals surface area (Å²) in [4.78, 5) is 24.3. The quantitative estimate of drug-likeness (QED) is 0.351. The lowest BCUT2D eigenvalue weighted by atomic mass is 9.87. The Labute approximate surface area is 232 Å². The number of rotatable bonds is 5. The first kappa shape index (κ1) is 26.9. The lowest BCUT2D eigenvalue weighted by Crippen LogP contribution is -2.45. The van der Waals surface area contributed by atoms with Crippen molar-refractivity contribution >= 4 is 51.8 Å². The minimum atomic E-state index is -0.0569. The maximum atomic E-state index is 13.8. The molecule has 2 aliphatic heterocycles. The van der Waals surface area contributed by atoms with Crippen molar-refractivity contribution in [3.8, 4) is 0 Å². The molecular formula is C31H42ClN3OS. The Hall–Kier alpha value is -1.72. The molecule has 0 radical (unpaired) electrons. The molecule has 0 N–H and O–H groups in total. The zero-order chi connectivity index (χ0) is 26.2. The summed E-state index contributed by atoms with van der Waals surface area (Å²) in [5.41, 5.74) is 4.52. The summed E-state index contributed by atoms with van der Waals surface area (Å²) >= 11 is 8.48. The van der Waals surface area contributed by atoms with E-state index in [0.717, 1.165) is 54.3 Å². The minimum absolute atomic E-state index is 0.0569. The van der Waals surface area contributed by atoms with Gasteiger partial charge < -0.3 is 4.90 Å². The van der Waals surface area contributed by atoms with E-state index in [1.165, 1.54) is 55.3 Å². The van der Waals surface area contributed by atoms with Crippen molar-refractivity contribution in [2.24, 2.45) is 4.99 Å². The third-order valence-corrected chi connectivity index (χ3v) is 9.80. The van der Waals surface area contributed by atoms with E-state index in [9.17, 15) is 4.79 Å². The Morgan fingerprint density at radius 1 is 1.08 bits per heavy atom. The van der Waals surface area contributed by atoms with Crippen molar-refractivity contribution < 1.29 is 4.79 Å². The Bertz CT molecular complexity index is 1130.